The second kappa shape index (κ2) is 5.28. The van der Waals surface area contributed by atoms with Crippen LogP contribution in [-0.2, 0) is 13.6 Å². The second-order valence-corrected chi connectivity index (χ2v) is 6.41. The van der Waals surface area contributed by atoms with Crippen molar-refractivity contribution < 1.29 is 9.90 Å². The fourth-order valence-corrected chi connectivity index (χ4v) is 2.90. The van der Waals surface area contributed by atoms with E-state index in [9.17, 15) is 9.90 Å². The zero-order valence-corrected chi connectivity index (χ0v) is 13.3. The summed E-state index contributed by atoms with van der Waals surface area (Å²) in [4.78, 5) is 18.4. The average Bonchev–Trinajstić information content (AvgIpc) is 2.96. The van der Waals surface area contributed by atoms with Crippen LogP contribution in [0.3, 0.4) is 0 Å². The second-order valence-electron chi connectivity index (χ2n) is 6.41. The number of urea groups is 1. The molecule has 22 heavy (non-hydrogen) atoms. The van der Waals surface area contributed by atoms with Crippen molar-refractivity contribution in [2.24, 2.45) is 7.05 Å². The van der Waals surface area contributed by atoms with E-state index in [1.807, 2.05) is 30.7 Å². The number of rotatable bonds is 2. The number of nitrogens with zero attached hydrogens (tertiary/aromatic N) is 3. The first-order valence-corrected chi connectivity index (χ1v) is 7.53. The van der Waals surface area contributed by atoms with E-state index in [0.717, 1.165) is 16.9 Å². The number of aryl methyl sites for hydroxylation is 2. The first-order valence-electron chi connectivity index (χ1n) is 7.53. The summed E-state index contributed by atoms with van der Waals surface area (Å²) < 4.78 is 2.00. The standard InChI is InChI=1S/C16H22N4O2/c1-11-4-5-13-12(8-11)18-14(19(13)3)9-17-15(21)20-7-6-16(2,22)10-20/h4-5,8,22H,6-7,9-10H2,1-3H3,(H,17,21). The Bertz CT molecular complexity index is 720. The topological polar surface area (TPSA) is 70.4 Å². The number of aliphatic hydroxyl groups is 1. The minimum atomic E-state index is -0.771. The molecule has 6 heteroatoms. The Labute approximate surface area is 129 Å². The molecule has 0 spiro atoms. The van der Waals surface area contributed by atoms with Gasteiger partial charge in [-0.15, -0.1) is 0 Å². The normalized spacial score (nSPS) is 21.5. The molecule has 1 aromatic carbocycles. The van der Waals surface area contributed by atoms with Gasteiger partial charge in [-0.1, -0.05) is 6.07 Å². The van der Waals surface area contributed by atoms with Gasteiger partial charge in [-0.25, -0.2) is 9.78 Å². The van der Waals surface area contributed by atoms with Crippen molar-refractivity contribution in [1.82, 2.24) is 19.8 Å². The summed E-state index contributed by atoms with van der Waals surface area (Å²) in [5, 5.41) is 12.8. The zero-order chi connectivity index (χ0) is 15.9. The molecule has 1 aromatic heterocycles. The van der Waals surface area contributed by atoms with E-state index < -0.39 is 5.60 Å². The van der Waals surface area contributed by atoms with Gasteiger partial charge in [0.2, 0.25) is 0 Å². The molecule has 1 unspecified atom stereocenters. The summed E-state index contributed by atoms with van der Waals surface area (Å²) in [5.74, 6) is 0.819. The number of fused-ring (bicyclic) bond motifs is 1. The highest BCUT2D eigenvalue weighted by Gasteiger charge is 2.33. The largest absolute Gasteiger partial charge is 0.388 e. The van der Waals surface area contributed by atoms with Crippen LogP contribution in [0.5, 0.6) is 0 Å². The Kier molecular flexibility index (Phi) is 3.56. The van der Waals surface area contributed by atoms with Crippen LogP contribution in [0.4, 0.5) is 4.79 Å². The predicted molar refractivity (Wildman–Crippen MR) is 84.5 cm³/mol. The molecular weight excluding hydrogens is 280 g/mol. The molecule has 0 aliphatic carbocycles. The summed E-state index contributed by atoms with van der Waals surface area (Å²) in [6, 6.07) is 5.98. The van der Waals surface area contributed by atoms with Gasteiger partial charge >= 0.3 is 6.03 Å². The van der Waals surface area contributed by atoms with Gasteiger partial charge in [0.15, 0.2) is 0 Å². The number of imidazole rings is 1. The van der Waals surface area contributed by atoms with Crippen molar-refractivity contribution in [2.75, 3.05) is 13.1 Å². The fourth-order valence-electron chi connectivity index (χ4n) is 2.90. The molecule has 3 rings (SSSR count). The molecule has 0 radical (unpaired) electrons. The van der Waals surface area contributed by atoms with Crippen LogP contribution >= 0.6 is 0 Å². The van der Waals surface area contributed by atoms with Crippen LogP contribution in [0.15, 0.2) is 18.2 Å². The van der Waals surface area contributed by atoms with Crippen LogP contribution < -0.4 is 5.32 Å². The lowest BCUT2D eigenvalue weighted by Crippen LogP contribution is -2.40. The number of hydrogen-bond acceptors (Lipinski definition) is 3. The summed E-state index contributed by atoms with van der Waals surface area (Å²) in [6.45, 7) is 5.13. The summed E-state index contributed by atoms with van der Waals surface area (Å²) >= 11 is 0. The number of nitrogens with one attached hydrogen (secondary N) is 1. The van der Waals surface area contributed by atoms with Crippen molar-refractivity contribution in [3.63, 3.8) is 0 Å². The molecule has 1 atom stereocenters. The number of benzene rings is 1. The first-order chi connectivity index (χ1) is 10.4. The number of amides is 2. The summed E-state index contributed by atoms with van der Waals surface area (Å²) in [7, 11) is 1.95. The number of carbonyl (C=O) groups excluding carboxylic acids is 1. The SMILES string of the molecule is Cc1ccc2c(c1)nc(CNC(=O)N1CCC(C)(O)C1)n2C. The van der Waals surface area contributed by atoms with E-state index >= 15 is 0 Å². The van der Waals surface area contributed by atoms with Crippen molar-refractivity contribution in [3.8, 4) is 0 Å². The van der Waals surface area contributed by atoms with Gasteiger partial charge in [0.1, 0.15) is 5.82 Å². The highest BCUT2D eigenvalue weighted by molar-refractivity contribution is 5.77. The molecule has 2 aromatic rings. The molecule has 1 aliphatic heterocycles. The Hall–Kier alpha value is -2.08. The number of hydrogen-bond donors (Lipinski definition) is 2. The van der Waals surface area contributed by atoms with Crippen LogP contribution in [0.1, 0.15) is 24.7 Å². The quantitative estimate of drug-likeness (QED) is 0.884. The molecule has 2 N–H and O–H groups in total. The van der Waals surface area contributed by atoms with Gasteiger partial charge in [0.05, 0.1) is 29.7 Å². The van der Waals surface area contributed by atoms with E-state index in [4.69, 9.17) is 0 Å². The molecular formula is C16H22N4O2. The molecule has 2 amide bonds. The van der Waals surface area contributed by atoms with Gasteiger partial charge in [0, 0.05) is 13.6 Å². The Morgan fingerprint density at radius 3 is 2.95 bits per heavy atom. The number of aromatic nitrogens is 2. The lowest BCUT2D eigenvalue weighted by molar-refractivity contribution is 0.0719. The van der Waals surface area contributed by atoms with Gasteiger partial charge in [-0.3, -0.25) is 0 Å². The van der Waals surface area contributed by atoms with E-state index in [2.05, 4.69) is 16.4 Å². The van der Waals surface area contributed by atoms with Crippen molar-refractivity contribution in [2.45, 2.75) is 32.4 Å². The van der Waals surface area contributed by atoms with Crippen molar-refractivity contribution >= 4 is 17.1 Å². The maximum Gasteiger partial charge on any atom is 0.317 e. The zero-order valence-electron chi connectivity index (χ0n) is 13.3. The fraction of sp³-hybridized carbons (Fsp3) is 0.500. The third kappa shape index (κ3) is 2.78. The maximum absolute atomic E-state index is 12.2. The van der Waals surface area contributed by atoms with Gasteiger partial charge in [-0.2, -0.15) is 0 Å². The third-order valence-electron chi connectivity index (χ3n) is 4.27. The molecule has 2 heterocycles. The lowest BCUT2D eigenvalue weighted by Gasteiger charge is -2.19. The van der Waals surface area contributed by atoms with E-state index in [-0.39, 0.29) is 6.03 Å². The lowest BCUT2D eigenvalue weighted by atomic mass is 10.1. The Morgan fingerprint density at radius 2 is 2.27 bits per heavy atom. The smallest absolute Gasteiger partial charge is 0.317 e. The highest BCUT2D eigenvalue weighted by atomic mass is 16.3. The number of β-amino-alcohol motifs (C(OH)–C–C–N with tert-alkyl or cyclic N) is 1. The molecule has 1 aliphatic rings. The van der Waals surface area contributed by atoms with E-state index in [1.165, 1.54) is 5.56 Å². The van der Waals surface area contributed by atoms with Crippen LogP contribution in [0, 0.1) is 6.92 Å². The molecule has 1 saturated heterocycles. The van der Waals surface area contributed by atoms with E-state index in [1.54, 1.807) is 11.8 Å². The molecule has 0 saturated carbocycles. The Morgan fingerprint density at radius 1 is 1.50 bits per heavy atom. The molecule has 0 bridgehead atoms. The molecule has 118 valence electrons. The maximum atomic E-state index is 12.2. The van der Waals surface area contributed by atoms with Crippen molar-refractivity contribution in [1.29, 1.82) is 0 Å². The molecule has 6 nitrogen and oxygen atoms in total. The number of likely N-dealkylation sites (tertiary alicyclic amines) is 1. The number of carbonyl (C=O) groups is 1. The Balaban J connectivity index is 1.69. The van der Waals surface area contributed by atoms with E-state index in [0.29, 0.717) is 26.1 Å². The van der Waals surface area contributed by atoms with Gasteiger partial charge in [0.25, 0.3) is 0 Å². The average molecular weight is 302 g/mol. The summed E-state index contributed by atoms with van der Waals surface area (Å²) in [5.41, 5.74) is 2.39. The van der Waals surface area contributed by atoms with Crippen LogP contribution in [0.2, 0.25) is 0 Å². The highest BCUT2D eigenvalue weighted by Crippen LogP contribution is 2.20. The monoisotopic (exact) mass is 302 g/mol. The van der Waals surface area contributed by atoms with Gasteiger partial charge < -0.3 is 19.9 Å². The van der Waals surface area contributed by atoms with Crippen molar-refractivity contribution in [3.05, 3.63) is 29.6 Å². The first kappa shape index (κ1) is 14.8. The minimum absolute atomic E-state index is 0.152. The van der Waals surface area contributed by atoms with Crippen LogP contribution in [0.25, 0.3) is 11.0 Å². The predicted octanol–water partition coefficient (Wildman–Crippen LogP) is 1.55. The third-order valence-corrected chi connectivity index (χ3v) is 4.27. The minimum Gasteiger partial charge on any atom is -0.388 e. The van der Waals surface area contributed by atoms with Crippen LogP contribution in [-0.4, -0.2) is 44.3 Å². The molecule has 1 fully saturated rings. The summed E-state index contributed by atoms with van der Waals surface area (Å²) in [6.07, 6.45) is 0.617. The van der Waals surface area contributed by atoms with Gasteiger partial charge in [-0.05, 0) is 38.0 Å².